The Morgan fingerprint density at radius 1 is 1.23 bits per heavy atom. The fourth-order valence-electron chi connectivity index (χ4n) is 3.64. The summed E-state index contributed by atoms with van der Waals surface area (Å²) in [4.78, 5) is 25.3. The Morgan fingerprint density at radius 2 is 1.94 bits per heavy atom. The number of ether oxygens (including phenoxy) is 1. The van der Waals surface area contributed by atoms with Crippen LogP contribution in [0.4, 0.5) is 5.69 Å². The van der Waals surface area contributed by atoms with Crippen molar-refractivity contribution in [2.24, 2.45) is 5.92 Å². The van der Waals surface area contributed by atoms with Crippen LogP contribution in [0.1, 0.15) is 54.2 Å². The van der Waals surface area contributed by atoms with Gasteiger partial charge in [-0.2, -0.15) is 5.26 Å². The third-order valence-corrected chi connectivity index (χ3v) is 5.11. The Balaban J connectivity index is 0.00000166. The molecule has 1 atom stereocenters. The zero-order chi connectivity index (χ0) is 22.8. The predicted molar refractivity (Wildman–Crippen MR) is 120 cm³/mol. The van der Waals surface area contributed by atoms with Gasteiger partial charge in [-0.1, -0.05) is 45.0 Å². The maximum Gasteiger partial charge on any atom is 0.338 e. The van der Waals surface area contributed by atoms with Crippen LogP contribution in [0.25, 0.3) is 0 Å². The quantitative estimate of drug-likeness (QED) is 0.499. The summed E-state index contributed by atoms with van der Waals surface area (Å²) in [6, 6.07) is 15.0. The molecule has 1 N–H and O–H groups in total. The van der Waals surface area contributed by atoms with Crippen LogP contribution in [0.2, 0.25) is 0 Å². The molecule has 0 saturated carbocycles. The summed E-state index contributed by atoms with van der Waals surface area (Å²) in [6.45, 7) is 7.48. The number of carboxylic acid groups (broad SMARTS) is 1. The van der Waals surface area contributed by atoms with Crippen molar-refractivity contribution < 1.29 is 19.4 Å². The second kappa shape index (κ2) is 11.8. The monoisotopic (exact) mass is 422 g/mol. The van der Waals surface area contributed by atoms with E-state index < -0.39 is 11.9 Å². The molecule has 1 aliphatic heterocycles. The number of aliphatic carboxylic acids is 1. The summed E-state index contributed by atoms with van der Waals surface area (Å²) >= 11 is 0. The van der Waals surface area contributed by atoms with Gasteiger partial charge >= 0.3 is 11.9 Å². The standard InChI is InChI=1S/C23H24N2O4.C2H6/c1-16(22(26)27)12-17-13-19-8-10-25(21(19)20(14-17)15-24)9-5-11-29-23(28)18-6-3-2-4-7-18;1-2/h2-4,6-7,13-14,16H,5,8-12H2,1H3,(H,26,27);1-2H3. The van der Waals surface area contributed by atoms with Gasteiger partial charge in [0.05, 0.1) is 29.3 Å². The van der Waals surface area contributed by atoms with E-state index in [-0.39, 0.29) is 5.97 Å². The van der Waals surface area contributed by atoms with Gasteiger partial charge in [0.2, 0.25) is 0 Å². The number of hydrogen-bond donors (Lipinski definition) is 1. The molecule has 3 rings (SSSR count). The number of esters is 1. The number of fused-ring (bicyclic) bond motifs is 1. The van der Waals surface area contributed by atoms with Gasteiger partial charge in [-0.15, -0.1) is 0 Å². The van der Waals surface area contributed by atoms with Crippen molar-refractivity contribution in [3.05, 3.63) is 64.7 Å². The van der Waals surface area contributed by atoms with E-state index in [0.29, 0.717) is 37.1 Å². The predicted octanol–water partition coefficient (Wildman–Crippen LogP) is 4.46. The van der Waals surface area contributed by atoms with Crippen LogP contribution in [-0.4, -0.2) is 36.7 Å². The molecule has 1 aliphatic rings. The zero-order valence-corrected chi connectivity index (χ0v) is 18.4. The van der Waals surface area contributed by atoms with E-state index >= 15 is 0 Å². The third-order valence-electron chi connectivity index (χ3n) is 5.11. The number of rotatable bonds is 8. The SMILES string of the molecule is CC.CC(Cc1cc(C#N)c2c(c1)CCN2CCCOC(=O)c1ccccc1)C(=O)O. The number of nitriles is 1. The lowest BCUT2D eigenvalue weighted by Crippen LogP contribution is -2.24. The number of carboxylic acids is 1. The van der Waals surface area contributed by atoms with Crippen molar-refractivity contribution in [1.29, 1.82) is 5.26 Å². The minimum absolute atomic E-state index is 0.315. The second-order valence-electron chi connectivity index (χ2n) is 7.30. The Labute approximate surface area is 184 Å². The molecule has 6 nitrogen and oxygen atoms in total. The lowest BCUT2D eigenvalue weighted by molar-refractivity contribution is -0.141. The van der Waals surface area contributed by atoms with Gasteiger partial charge in [-0.05, 0) is 48.6 Å². The van der Waals surface area contributed by atoms with Crippen LogP contribution >= 0.6 is 0 Å². The topological polar surface area (TPSA) is 90.6 Å². The van der Waals surface area contributed by atoms with E-state index in [1.807, 2.05) is 26.0 Å². The Bertz CT molecular complexity index is 935. The first-order valence-corrected chi connectivity index (χ1v) is 10.8. The van der Waals surface area contributed by atoms with Gasteiger partial charge in [-0.25, -0.2) is 4.79 Å². The van der Waals surface area contributed by atoms with Crippen molar-refractivity contribution in [2.45, 2.75) is 40.0 Å². The van der Waals surface area contributed by atoms with Crippen LogP contribution < -0.4 is 4.90 Å². The van der Waals surface area contributed by atoms with Crippen molar-refractivity contribution in [3.8, 4) is 6.07 Å². The molecule has 0 saturated heterocycles. The fraction of sp³-hybridized carbons (Fsp3) is 0.400. The van der Waals surface area contributed by atoms with E-state index in [9.17, 15) is 14.9 Å². The Hall–Kier alpha value is -3.33. The van der Waals surface area contributed by atoms with Gasteiger partial charge in [0, 0.05) is 13.1 Å². The van der Waals surface area contributed by atoms with Crippen molar-refractivity contribution in [2.75, 3.05) is 24.6 Å². The maximum absolute atomic E-state index is 12.0. The second-order valence-corrected chi connectivity index (χ2v) is 7.30. The van der Waals surface area contributed by atoms with Crippen molar-refractivity contribution in [3.63, 3.8) is 0 Å². The molecule has 31 heavy (non-hydrogen) atoms. The largest absolute Gasteiger partial charge is 0.481 e. The number of hydrogen-bond acceptors (Lipinski definition) is 5. The first-order chi connectivity index (χ1) is 15.0. The molecule has 0 amide bonds. The molecule has 2 aromatic carbocycles. The lowest BCUT2D eigenvalue weighted by Gasteiger charge is -2.21. The Kier molecular flexibility index (Phi) is 9.08. The molecule has 0 bridgehead atoms. The van der Waals surface area contributed by atoms with Gasteiger partial charge in [0.1, 0.15) is 6.07 Å². The van der Waals surface area contributed by atoms with Crippen LogP contribution in [0.3, 0.4) is 0 Å². The minimum atomic E-state index is -0.837. The molecule has 164 valence electrons. The highest BCUT2D eigenvalue weighted by Gasteiger charge is 2.24. The Morgan fingerprint density at radius 3 is 2.58 bits per heavy atom. The molecule has 1 heterocycles. The van der Waals surface area contributed by atoms with Gasteiger partial charge in [0.15, 0.2) is 0 Å². The summed E-state index contributed by atoms with van der Waals surface area (Å²) in [5.41, 5.74) is 4.00. The lowest BCUT2D eigenvalue weighted by atomic mass is 9.96. The molecule has 6 heteroatoms. The van der Waals surface area contributed by atoms with Gasteiger partial charge in [-0.3, -0.25) is 4.79 Å². The smallest absolute Gasteiger partial charge is 0.338 e. The number of benzene rings is 2. The van der Waals surface area contributed by atoms with Gasteiger partial charge < -0.3 is 14.7 Å². The highest BCUT2D eigenvalue weighted by atomic mass is 16.5. The number of nitrogens with zero attached hydrogens (tertiary/aromatic N) is 2. The van der Waals surface area contributed by atoms with Crippen LogP contribution in [0.15, 0.2) is 42.5 Å². The van der Waals surface area contributed by atoms with Crippen molar-refractivity contribution >= 4 is 17.6 Å². The molecule has 0 aromatic heterocycles. The summed E-state index contributed by atoms with van der Waals surface area (Å²) in [5, 5.41) is 18.7. The van der Waals surface area contributed by atoms with E-state index in [1.54, 1.807) is 37.3 Å². The summed E-state index contributed by atoms with van der Waals surface area (Å²) in [5.74, 6) is -1.66. The molecule has 0 spiro atoms. The number of carbonyl (C=O) groups is 2. The van der Waals surface area contributed by atoms with Crippen LogP contribution in [0.5, 0.6) is 0 Å². The summed E-state index contributed by atoms with van der Waals surface area (Å²) in [6.07, 6.45) is 1.90. The summed E-state index contributed by atoms with van der Waals surface area (Å²) in [7, 11) is 0. The van der Waals surface area contributed by atoms with E-state index in [0.717, 1.165) is 29.8 Å². The van der Waals surface area contributed by atoms with Crippen LogP contribution in [0, 0.1) is 17.2 Å². The minimum Gasteiger partial charge on any atom is -0.481 e. The molecule has 0 aliphatic carbocycles. The average molecular weight is 423 g/mol. The average Bonchev–Trinajstić information content (AvgIpc) is 3.20. The van der Waals surface area contributed by atoms with E-state index in [1.165, 1.54) is 0 Å². The fourth-order valence-corrected chi connectivity index (χ4v) is 3.64. The molecular formula is C25H30N2O4. The molecule has 0 radical (unpaired) electrons. The normalized spacial score (nSPS) is 12.8. The zero-order valence-electron chi connectivity index (χ0n) is 18.4. The van der Waals surface area contributed by atoms with Crippen molar-refractivity contribution in [1.82, 2.24) is 0 Å². The van der Waals surface area contributed by atoms with E-state index in [4.69, 9.17) is 9.84 Å². The first kappa shape index (κ1) is 23.9. The van der Waals surface area contributed by atoms with Crippen LogP contribution in [-0.2, 0) is 22.4 Å². The molecule has 1 unspecified atom stereocenters. The molecular weight excluding hydrogens is 392 g/mol. The highest BCUT2D eigenvalue weighted by molar-refractivity contribution is 5.89. The highest BCUT2D eigenvalue weighted by Crippen LogP contribution is 2.33. The number of anilines is 1. The maximum atomic E-state index is 12.0. The number of carbonyl (C=O) groups excluding carboxylic acids is 1. The third kappa shape index (κ3) is 6.32. The first-order valence-electron chi connectivity index (χ1n) is 10.8. The summed E-state index contributed by atoms with van der Waals surface area (Å²) < 4.78 is 5.33. The molecule has 2 aromatic rings. The van der Waals surface area contributed by atoms with E-state index in [2.05, 4.69) is 11.0 Å². The van der Waals surface area contributed by atoms with Gasteiger partial charge in [0.25, 0.3) is 0 Å². The molecule has 0 fully saturated rings.